The topological polar surface area (TPSA) is 80.8 Å². The Bertz CT molecular complexity index is 1020. The van der Waals surface area contributed by atoms with Crippen LogP contribution in [-0.2, 0) is 9.53 Å². The number of aryl methyl sites for hydroxylation is 1. The highest BCUT2D eigenvalue weighted by Gasteiger charge is 2.41. The van der Waals surface area contributed by atoms with Gasteiger partial charge in [-0.1, -0.05) is 12.1 Å². The van der Waals surface area contributed by atoms with Crippen molar-refractivity contribution in [3.05, 3.63) is 69.3 Å². The first-order chi connectivity index (χ1) is 13.6. The lowest BCUT2D eigenvalue weighted by Gasteiger charge is -2.21. The van der Waals surface area contributed by atoms with Gasteiger partial charge in [0.05, 0.1) is 11.1 Å². The summed E-state index contributed by atoms with van der Waals surface area (Å²) in [6.07, 6.45) is 0. The fourth-order valence-electron chi connectivity index (χ4n) is 3.50. The van der Waals surface area contributed by atoms with Gasteiger partial charge >= 0.3 is 5.97 Å². The lowest BCUT2D eigenvalue weighted by Crippen LogP contribution is -2.44. The number of hydrogen-bond donors (Lipinski definition) is 0. The summed E-state index contributed by atoms with van der Waals surface area (Å²) >= 11 is 0. The molecule has 2 aromatic carbocycles. The third-order valence-electron chi connectivity index (χ3n) is 5.68. The van der Waals surface area contributed by atoms with Crippen molar-refractivity contribution in [2.24, 2.45) is 0 Å². The number of rotatable bonds is 5. The maximum atomic E-state index is 12.6. The summed E-state index contributed by atoms with van der Waals surface area (Å²) in [5.41, 5.74) is 5.01. The molecule has 29 heavy (non-hydrogen) atoms. The number of carbonyl (C=O) groups excluding carboxylic acids is 4. The summed E-state index contributed by atoms with van der Waals surface area (Å²) in [5, 5.41) is 0. The molecule has 0 saturated carbocycles. The van der Waals surface area contributed by atoms with Gasteiger partial charge in [-0.3, -0.25) is 19.3 Å². The molecular formula is C23H23NO5. The molecule has 0 fully saturated rings. The van der Waals surface area contributed by atoms with E-state index in [0.717, 1.165) is 27.2 Å². The Balaban J connectivity index is 1.71. The van der Waals surface area contributed by atoms with Gasteiger partial charge in [-0.15, -0.1) is 0 Å². The zero-order valence-electron chi connectivity index (χ0n) is 17.2. The van der Waals surface area contributed by atoms with Crippen LogP contribution in [0.25, 0.3) is 0 Å². The van der Waals surface area contributed by atoms with Crippen molar-refractivity contribution < 1.29 is 23.9 Å². The predicted molar refractivity (Wildman–Crippen MR) is 107 cm³/mol. The molecule has 0 aliphatic carbocycles. The van der Waals surface area contributed by atoms with Gasteiger partial charge in [0.25, 0.3) is 11.8 Å². The minimum Gasteiger partial charge on any atom is -0.456 e. The van der Waals surface area contributed by atoms with Gasteiger partial charge < -0.3 is 4.74 Å². The molecule has 1 heterocycles. The molecule has 2 amide bonds. The number of nitrogens with zero attached hydrogens (tertiary/aromatic N) is 1. The number of esters is 1. The maximum Gasteiger partial charge on any atom is 0.329 e. The second-order valence-corrected chi connectivity index (χ2v) is 7.35. The molecular weight excluding hydrogens is 370 g/mol. The number of Topliss-reactive ketones (excluding diaryl/α,β-unsaturated/α-hetero) is 1. The van der Waals surface area contributed by atoms with Crippen LogP contribution < -0.4 is 0 Å². The molecule has 0 bridgehead atoms. The highest BCUT2D eigenvalue weighted by atomic mass is 16.5. The van der Waals surface area contributed by atoms with Crippen LogP contribution in [0.2, 0.25) is 0 Å². The van der Waals surface area contributed by atoms with Gasteiger partial charge in [0.1, 0.15) is 6.04 Å². The van der Waals surface area contributed by atoms with Gasteiger partial charge in [0.15, 0.2) is 6.61 Å². The lowest BCUT2D eigenvalue weighted by molar-refractivity contribution is -0.146. The first kappa shape index (κ1) is 20.5. The van der Waals surface area contributed by atoms with E-state index in [9.17, 15) is 19.2 Å². The number of ether oxygens (including phenoxy) is 1. The summed E-state index contributed by atoms with van der Waals surface area (Å²) in [7, 11) is 0. The summed E-state index contributed by atoms with van der Waals surface area (Å²) in [4.78, 5) is 50.9. The van der Waals surface area contributed by atoms with Crippen molar-refractivity contribution in [2.45, 2.75) is 40.7 Å². The van der Waals surface area contributed by atoms with Crippen LogP contribution in [0.15, 0.2) is 30.3 Å². The molecule has 1 aliphatic rings. The second-order valence-electron chi connectivity index (χ2n) is 7.35. The average molecular weight is 393 g/mol. The molecule has 0 unspecified atom stereocenters. The van der Waals surface area contributed by atoms with E-state index in [2.05, 4.69) is 0 Å². The van der Waals surface area contributed by atoms with E-state index in [-0.39, 0.29) is 16.9 Å². The highest BCUT2D eigenvalue weighted by molar-refractivity contribution is 6.22. The molecule has 0 aromatic heterocycles. The number of imide groups is 1. The summed E-state index contributed by atoms with van der Waals surface area (Å²) in [6, 6.07) is 7.06. The van der Waals surface area contributed by atoms with Crippen LogP contribution >= 0.6 is 0 Å². The first-order valence-corrected chi connectivity index (χ1v) is 9.39. The van der Waals surface area contributed by atoms with Crippen molar-refractivity contribution >= 4 is 23.6 Å². The number of hydrogen-bond acceptors (Lipinski definition) is 5. The largest absolute Gasteiger partial charge is 0.456 e. The van der Waals surface area contributed by atoms with Crippen LogP contribution in [0, 0.1) is 27.7 Å². The Morgan fingerprint density at radius 2 is 1.48 bits per heavy atom. The van der Waals surface area contributed by atoms with E-state index in [4.69, 9.17) is 4.74 Å². The second kappa shape index (κ2) is 7.62. The van der Waals surface area contributed by atoms with Crippen molar-refractivity contribution in [1.29, 1.82) is 0 Å². The van der Waals surface area contributed by atoms with Gasteiger partial charge in [0, 0.05) is 5.56 Å². The van der Waals surface area contributed by atoms with E-state index in [1.165, 1.54) is 6.92 Å². The van der Waals surface area contributed by atoms with Crippen molar-refractivity contribution in [1.82, 2.24) is 4.90 Å². The van der Waals surface area contributed by atoms with Crippen LogP contribution in [-0.4, -0.2) is 41.1 Å². The minimum absolute atomic E-state index is 0.259. The number of amides is 2. The average Bonchev–Trinajstić information content (AvgIpc) is 2.97. The molecule has 6 nitrogen and oxygen atoms in total. The van der Waals surface area contributed by atoms with E-state index in [1.54, 1.807) is 30.3 Å². The fraction of sp³-hybridized carbons (Fsp3) is 0.304. The first-order valence-electron chi connectivity index (χ1n) is 9.39. The van der Waals surface area contributed by atoms with E-state index in [0.29, 0.717) is 5.56 Å². The third-order valence-corrected chi connectivity index (χ3v) is 5.68. The fourth-order valence-corrected chi connectivity index (χ4v) is 3.50. The van der Waals surface area contributed by atoms with Crippen LogP contribution in [0.5, 0.6) is 0 Å². The molecule has 0 radical (unpaired) electrons. The van der Waals surface area contributed by atoms with Gasteiger partial charge in [-0.25, -0.2) is 4.79 Å². The molecule has 6 heteroatoms. The van der Waals surface area contributed by atoms with E-state index < -0.39 is 30.4 Å². The van der Waals surface area contributed by atoms with Crippen molar-refractivity contribution in [3.63, 3.8) is 0 Å². The summed E-state index contributed by atoms with van der Waals surface area (Å²) < 4.78 is 5.16. The number of ketones is 1. The zero-order valence-corrected chi connectivity index (χ0v) is 17.2. The van der Waals surface area contributed by atoms with Crippen molar-refractivity contribution in [3.8, 4) is 0 Å². The monoisotopic (exact) mass is 393 g/mol. The predicted octanol–water partition coefficient (Wildman–Crippen LogP) is 3.33. The Morgan fingerprint density at radius 1 is 0.931 bits per heavy atom. The molecule has 1 atom stereocenters. The lowest BCUT2D eigenvalue weighted by atomic mass is 9.93. The Hall–Kier alpha value is -3.28. The SMILES string of the molecule is Cc1cc(C(=O)COC(=O)[C@H](C)N2C(=O)c3ccccc3C2=O)c(C)c(C)c1C. The minimum atomic E-state index is -1.13. The Labute approximate surface area is 169 Å². The van der Waals surface area contributed by atoms with E-state index >= 15 is 0 Å². The van der Waals surface area contributed by atoms with Gasteiger partial charge in [-0.2, -0.15) is 0 Å². The zero-order chi connectivity index (χ0) is 21.5. The smallest absolute Gasteiger partial charge is 0.329 e. The molecule has 150 valence electrons. The molecule has 1 aliphatic heterocycles. The molecule has 3 rings (SSSR count). The number of carbonyl (C=O) groups is 4. The summed E-state index contributed by atoms with van der Waals surface area (Å²) in [6.45, 7) is 8.70. The van der Waals surface area contributed by atoms with Crippen molar-refractivity contribution in [2.75, 3.05) is 6.61 Å². The third kappa shape index (κ3) is 3.46. The Morgan fingerprint density at radius 3 is 2.03 bits per heavy atom. The number of benzene rings is 2. The van der Waals surface area contributed by atoms with E-state index in [1.807, 2.05) is 27.7 Å². The van der Waals surface area contributed by atoms with Crippen LogP contribution in [0.3, 0.4) is 0 Å². The van der Waals surface area contributed by atoms with Gasteiger partial charge in [0.2, 0.25) is 5.78 Å². The van der Waals surface area contributed by atoms with Crippen LogP contribution in [0.4, 0.5) is 0 Å². The molecule has 2 aromatic rings. The molecule has 0 N–H and O–H groups in total. The molecule has 0 spiro atoms. The maximum absolute atomic E-state index is 12.6. The normalized spacial score (nSPS) is 14.0. The number of fused-ring (bicyclic) bond motifs is 1. The highest BCUT2D eigenvalue weighted by Crippen LogP contribution is 2.25. The standard InChI is InChI=1S/C23H23NO5/c1-12-10-19(15(4)14(3)13(12)2)20(25)11-29-23(28)16(5)24-21(26)17-8-6-7-9-18(17)22(24)27/h6-10,16H,11H2,1-5H3/t16-/m0/s1. The molecule has 0 saturated heterocycles. The Kier molecular flexibility index (Phi) is 5.38. The summed E-state index contributed by atoms with van der Waals surface area (Å²) in [5.74, 6) is -2.20. The van der Waals surface area contributed by atoms with Crippen LogP contribution in [0.1, 0.15) is 60.3 Å². The van der Waals surface area contributed by atoms with Gasteiger partial charge in [-0.05, 0) is 75.1 Å². The quantitative estimate of drug-likeness (QED) is 0.442.